The number of nitrogens with zero attached hydrogens (tertiary/aromatic N) is 3. The number of rotatable bonds is 1. The highest BCUT2D eigenvalue weighted by Gasteiger charge is 1.99. The van der Waals surface area contributed by atoms with Gasteiger partial charge in [-0.2, -0.15) is 5.10 Å². The van der Waals surface area contributed by atoms with Crippen LogP contribution in [0.3, 0.4) is 0 Å². The van der Waals surface area contributed by atoms with Crippen molar-refractivity contribution >= 4 is 16.3 Å². The van der Waals surface area contributed by atoms with Crippen molar-refractivity contribution in [2.75, 3.05) is 0 Å². The molecule has 0 saturated heterocycles. The van der Waals surface area contributed by atoms with E-state index in [1.165, 1.54) is 0 Å². The number of hydrogen-bond donors (Lipinski definition) is 0. The van der Waals surface area contributed by atoms with Crippen LogP contribution in [0.4, 0.5) is 0 Å². The molecule has 0 aromatic carbocycles. The lowest BCUT2D eigenvalue weighted by Crippen LogP contribution is -1.82. The molecule has 0 saturated carbocycles. The van der Waals surface area contributed by atoms with Crippen molar-refractivity contribution in [2.45, 2.75) is 13.3 Å². The first-order valence-electron chi connectivity index (χ1n) is 3.19. The summed E-state index contributed by atoms with van der Waals surface area (Å²) in [6.07, 6.45) is 4.62. The van der Waals surface area contributed by atoms with Crippen LogP contribution in [-0.4, -0.2) is 14.6 Å². The Hall–Kier alpha value is -0.900. The van der Waals surface area contributed by atoms with Gasteiger partial charge in [0.2, 0.25) is 4.96 Å². The smallest absolute Gasteiger partial charge is 0.212 e. The van der Waals surface area contributed by atoms with Gasteiger partial charge in [0.05, 0.1) is 6.20 Å². The highest BCUT2D eigenvalue weighted by Crippen LogP contribution is 2.11. The molecule has 52 valence electrons. The minimum absolute atomic E-state index is 0.983. The second kappa shape index (κ2) is 2.05. The Morgan fingerprint density at radius 2 is 2.60 bits per heavy atom. The predicted molar refractivity (Wildman–Crippen MR) is 40.2 cm³/mol. The van der Waals surface area contributed by atoms with Crippen LogP contribution in [-0.2, 0) is 6.42 Å². The molecule has 2 aromatic rings. The van der Waals surface area contributed by atoms with Crippen molar-refractivity contribution in [3.63, 3.8) is 0 Å². The third-order valence-corrected chi connectivity index (χ3v) is 2.40. The maximum Gasteiger partial charge on any atom is 0.212 e. The summed E-state index contributed by atoms with van der Waals surface area (Å²) in [5.41, 5.74) is 0. The van der Waals surface area contributed by atoms with Gasteiger partial charge in [-0.25, -0.2) is 9.50 Å². The van der Waals surface area contributed by atoms with E-state index in [0.717, 1.165) is 16.4 Å². The summed E-state index contributed by atoms with van der Waals surface area (Å²) < 4.78 is 1.81. The maximum absolute atomic E-state index is 4.26. The molecule has 0 radical (unpaired) electrons. The average molecular weight is 153 g/mol. The SMILES string of the molecule is CCc1nn2ccnc2s1. The van der Waals surface area contributed by atoms with Gasteiger partial charge in [0.25, 0.3) is 0 Å². The molecule has 0 spiro atoms. The van der Waals surface area contributed by atoms with Crippen LogP contribution >= 0.6 is 11.3 Å². The molecule has 2 heterocycles. The predicted octanol–water partition coefficient (Wildman–Crippen LogP) is 1.35. The molecule has 2 aromatic heterocycles. The third-order valence-electron chi connectivity index (χ3n) is 1.32. The molecule has 3 nitrogen and oxygen atoms in total. The molecule has 0 aliphatic heterocycles. The summed E-state index contributed by atoms with van der Waals surface area (Å²) in [5, 5.41) is 5.41. The number of fused-ring (bicyclic) bond motifs is 1. The van der Waals surface area contributed by atoms with Crippen LogP contribution in [0.1, 0.15) is 11.9 Å². The summed E-state index contributed by atoms with van der Waals surface area (Å²) in [6.45, 7) is 2.10. The van der Waals surface area contributed by atoms with Gasteiger partial charge in [-0.1, -0.05) is 18.3 Å². The number of hydrogen-bond acceptors (Lipinski definition) is 3. The zero-order valence-electron chi connectivity index (χ0n) is 5.61. The van der Waals surface area contributed by atoms with Gasteiger partial charge in [0.1, 0.15) is 5.01 Å². The van der Waals surface area contributed by atoms with Crippen molar-refractivity contribution in [1.82, 2.24) is 14.6 Å². The molecular formula is C6H7N3S. The van der Waals surface area contributed by atoms with Gasteiger partial charge >= 0.3 is 0 Å². The van der Waals surface area contributed by atoms with E-state index in [1.807, 2.05) is 10.7 Å². The molecule has 4 heteroatoms. The Labute approximate surface area is 62.3 Å². The fraction of sp³-hybridized carbons (Fsp3) is 0.333. The van der Waals surface area contributed by atoms with Gasteiger partial charge in [0, 0.05) is 6.20 Å². The van der Waals surface area contributed by atoms with E-state index >= 15 is 0 Å². The quantitative estimate of drug-likeness (QED) is 0.619. The largest absolute Gasteiger partial charge is 0.226 e. The monoisotopic (exact) mass is 153 g/mol. The van der Waals surface area contributed by atoms with Gasteiger partial charge in [-0.05, 0) is 6.42 Å². The highest BCUT2D eigenvalue weighted by molar-refractivity contribution is 7.16. The summed E-state index contributed by atoms with van der Waals surface area (Å²) in [7, 11) is 0. The lowest BCUT2D eigenvalue weighted by molar-refractivity contribution is 0.910. The van der Waals surface area contributed by atoms with Gasteiger partial charge in [-0.3, -0.25) is 0 Å². The first-order chi connectivity index (χ1) is 4.90. The average Bonchev–Trinajstić information content (AvgIpc) is 2.42. The zero-order chi connectivity index (χ0) is 6.97. The van der Waals surface area contributed by atoms with Gasteiger partial charge in [-0.15, -0.1) is 0 Å². The molecule has 0 fully saturated rings. The molecule has 10 heavy (non-hydrogen) atoms. The Morgan fingerprint density at radius 1 is 1.70 bits per heavy atom. The molecule has 0 bridgehead atoms. The van der Waals surface area contributed by atoms with E-state index in [9.17, 15) is 0 Å². The minimum Gasteiger partial charge on any atom is -0.226 e. The Kier molecular flexibility index (Phi) is 1.20. The third kappa shape index (κ3) is 0.724. The van der Waals surface area contributed by atoms with Crippen LogP contribution in [0.2, 0.25) is 0 Å². The second-order valence-corrected chi connectivity index (χ2v) is 3.04. The molecular weight excluding hydrogens is 146 g/mol. The van der Waals surface area contributed by atoms with Crippen LogP contribution in [0.25, 0.3) is 4.96 Å². The van der Waals surface area contributed by atoms with Crippen molar-refractivity contribution in [1.29, 1.82) is 0 Å². The minimum atomic E-state index is 0.983. The Morgan fingerprint density at radius 3 is 3.30 bits per heavy atom. The van der Waals surface area contributed by atoms with Crippen LogP contribution in [0.15, 0.2) is 12.4 Å². The van der Waals surface area contributed by atoms with Gasteiger partial charge < -0.3 is 0 Å². The van der Waals surface area contributed by atoms with Crippen LogP contribution < -0.4 is 0 Å². The Bertz CT molecular complexity index is 307. The molecule has 0 aliphatic rings. The number of aromatic nitrogens is 3. The van der Waals surface area contributed by atoms with Crippen molar-refractivity contribution in [3.8, 4) is 0 Å². The zero-order valence-corrected chi connectivity index (χ0v) is 6.43. The first kappa shape index (κ1) is 5.85. The lowest BCUT2D eigenvalue weighted by Gasteiger charge is -1.78. The maximum atomic E-state index is 4.26. The van der Waals surface area contributed by atoms with Crippen molar-refractivity contribution in [2.24, 2.45) is 0 Å². The summed E-state index contributed by atoms with van der Waals surface area (Å²) >= 11 is 1.64. The van der Waals surface area contributed by atoms with Gasteiger partial charge in [0.15, 0.2) is 0 Å². The topological polar surface area (TPSA) is 30.2 Å². The Balaban J connectivity index is 2.67. The first-order valence-corrected chi connectivity index (χ1v) is 4.01. The van der Waals surface area contributed by atoms with Crippen molar-refractivity contribution < 1.29 is 0 Å². The number of aryl methyl sites for hydroxylation is 1. The lowest BCUT2D eigenvalue weighted by atomic mass is 10.5. The van der Waals surface area contributed by atoms with E-state index in [4.69, 9.17) is 0 Å². The molecule has 0 unspecified atom stereocenters. The molecule has 2 rings (SSSR count). The van der Waals surface area contributed by atoms with E-state index in [2.05, 4.69) is 17.0 Å². The number of imidazole rings is 1. The molecule has 0 aliphatic carbocycles. The summed E-state index contributed by atoms with van der Waals surface area (Å²) in [6, 6.07) is 0. The molecule has 0 amide bonds. The highest BCUT2D eigenvalue weighted by atomic mass is 32.1. The molecule has 0 N–H and O–H groups in total. The van der Waals surface area contributed by atoms with Crippen LogP contribution in [0.5, 0.6) is 0 Å². The van der Waals surface area contributed by atoms with E-state index < -0.39 is 0 Å². The van der Waals surface area contributed by atoms with Crippen LogP contribution in [0, 0.1) is 0 Å². The normalized spacial score (nSPS) is 10.9. The second-order valence-electron chi connectivity index (χ2n) is 2.00. The summed E-state index contributed by atoms with van der Waals surface area (Å²) in [5.74, 6) is 0. The fourth-order valence-corrected chi connectivity index (χ4v) is 1.61. The fourth-order valence-electron chi connectivity index (χ4n) is 0.821. The van der Waals surface area contributed by atoms with E-state index in [0.29, 0.717) is 0 Å². The molecule has 0 atom stereocenters. The van der Waals surface area contributed by atoms with E-state index in [1.54, 1.807) is 17.5 Å². The summed E-state index contributed by atoms with van der Waals surface area (Å²) in [4.78, 5) is 5.09. The van der Waals surface area contributed by atoms with E-state index in [-0.39, 0.29) is 0 Å². The van der Waals surface area contributed by atoms with Crippen molar-refractivity contribution in [3.05, 3.63) is 17.4 Å². The standard InChI is InChI=1S/C6H7N3S/c1-2-5-8-9-4-3-7-6(9)10-5/h3-4H,2H2,1H3.